The molecule has 158 valence electrons. The van der Waals surface area contributed by atoms with Crippen LogP contribution in [0, 0.1) is 5.92 Å². The predicted octanol–water partition coefficient (Wildman–Crippen LogP) is 2.78. The van der Waals surface area contributed by atoms with E-state index in [4.69, 9.17) is 11.6 Å². The maximum Gasteiger partial charge on any atom is 0.319 e. The minimum Gasteiger partial charge on any atom is -0.388 e. The normalized spacial score (nSPS) is 13.7. The average molecular weight is 440 g/mol. The number of sulfone groups is 1. The van der Waals surface area contributed by atoms with Crippen molar-refractivity contribution in [2.24, 2.45) is 5.92 Å². The molecule has 2 rings (SSSR count). The minimum absolute atomic E-state index is 0.0576. The predicted molar refractivity (Wildman–Crippen MR) is 115 cm³/mol. The van der Waals surface area contributed by atoms with E-state index in [0.29, 0.717) is 6.54 Å². The van der Waals surface area contributed by atoms with Gasteiger partial charge in [0.25, 0.3) is 0 Å². The van der Waals surface area contributed by atoms with Gasteiger partial charge in [-0.15, -0.1) is 0 Å². The number of carbonyl (C=O) groups excluding carboxylic acids is 1. The van der Waals surface area contributed by atoms with Crippen molar-refractivity contribution in [2.45, 2.75) is 11.0 Å². The lowest BCUT2D eigenvalue weighted by Gasteiger charge is -2.26. The van der Waals surface area contributed by atoms with Gasteiger partial charge in [-0.05, 0) is 37.9 Å². The summed E-state index contributed by atoms with van der Waals surface area (Å²) in [5.41, 5.74) is 0.963. The van der Waals surface area contributed by atoms with Gasteiger partial charge in [-0.3, -0.25) is 0 Å². The van der Waals surface area contributed by atoms with Crippen LogP contribution < -0.4 is 10.6 Å². The number of halogens is 1. The highest BCUT2D eigenvalue weighted by Crippen LogP contribution is 2.25. The summed E-state index contributed by atoms with van der Waals surface area (Å²) in [5, 5.41) is 16.2. The van der Waals surface area contributed by atoms with Crippen LogP contribution in [0.25, 0.3) is 0 Å². The summed E-state index contributed by atoms with van der Waals surface area (Å²) >= 11 is 6.07. The molecular weight excluding hydrogens is 414 g/mol. The number of urea groups is 1. The number of amides is 2. The molecule has 0 saturated carbocycles. The minimum atomic E-state index is -3.43. The molecule has 29 heavy (non-hydrogen) atoms. The van der Waals surface area contributed by atoms with Crippen molar-refractivity contribution in [3.8, 4) is 0 Å². The van der Waals surface area contributed by atoms with Crippen molar-refractivity contribution < 1.29 is 18.3 Å². The van der Waals surface area contributed by atoms with Gasteiger partial charge in [-0.2, -0.15) is 0 Å². The summed E-state index contributed by atoms with van der Waals surface area (Å²) in [6.45, 7) is 0.768. The molecule has 0 heterocycles. The maximum absolute atomic E-state index is 12.3. The summed E-state index contributed by atoms with van der Waals surface area (Å²) in [6, 6.07) is 12.8. The highest BCUT2D eigenvalue weighted by Gasteiger charge is 2.22. The van der Waals surface area contributed by atoms with E-state index >= 15 is 0 Å². The van der Waals surface area contributed by atoms with E-state index in [-0.39, 0.29) is 28.1 Å². The van der Waals surface area contributed by atoms with Crippen LogP contribution in [0.4, 0.5) is 10.5 Å². The second-order valence-corrected chi connectivity index (χ2v) is 9.55. The van der Waals surface area contributed by atoms with E-state index in [0.717, 1.165) is 11.8 Å². The summed E-state index contributed by atoms with van der Waals surface area (Å²) in [5.74, 6) is -0.254. The molecule has 2 aromatic carbocycles. The molecule has 3 N–H and O–H groups in total. The van der Waals surface area contributed by atoms with E-state index in [1.165, 1.54) is 18.2 Å². The second kappa shape index (κ2) is 10.1. The molecule has 0 radical (unpaired) electrons. The lowest BCUT2D eigenvalue weighted by Crippen LogP contribution is -2.39. The molecule has 2 aromatic rings. The van der Waals surface area contributed by atoms with Gasteiger partial charge < -0.3 is 20.6 Å². The van der Waals surface area contributed by atoms with Gasteiger partial charge in [0.2, 0.25) is 0 Å². The Morgan fingerprint density at radius 1 is 1.17 bits per heavy atom. The fourth-order valence-corrected chi connectivity index (χ4v) is 3.70. The molecule has 0 saturated heterocycles. The largest absolute Gasteiger partial charge is 0.388 e. The number of aliphatic hydroxyl groups is 1. The first kappa shape index (κ1) is 23.2. The fraction of sp³-hybridized carbons (Fsp3) is 0.350. The monoisotopic (exact) mass is 439 g/mol. The third kappa shape index (κ3) is 7.01. The van der Waals surface area contributed by atoms with Crippen LogP contribution in [0.2, 0.25) is 5.02 Å². The molecule has 2 atom stereocenters. The van der Waals surface area contributed by atoms with Crippen molar-refractivity contribution in [3.05, 3.63) is 59.1 Å². The Balaban J connectivity index is 2.07. The van der Waals surface area contributed by atoms with Crippen LogP contribution in [0.15, 0.2) is 53.4 Å². The Morgan fingerprint density at radius 2 is 1.83 bits per heavy atom. The van der Waals surface area contributed by atoms with Crippen LogP contribution in [0.5, 0.6) is 0 Å². The van der Waals surface area contributed by atoms with Crippen molar-refractivity contribution in [1.82, 2.24) is 10.2 Å². The van der Waals surface area contributed by atoms with Gasteiger partial charge in [0.15, 0.2) is 9.84 Å². The van der Waals surface area contributed by atoms with Gasteiger partial charge in [-0.1, -0.05) is 41.9 Å². The Labute approximate surface area is 176 Å². The highest BCUT2D eigenvalue weighted by molar-refractivity contribution is 7.90. The lowest BCUT2D eigenvalue weighted by molar-refractivity contribution is 0.0911. The summed E-state index contributed by atoms with van der Waals surface area (Å²) in [4.78, 5) is 14.3. The number of aliphatic hydroxyl groups excluding tert-OH is 1. The van der Waals surface area contributed by atoms with E-state index < -0.39 is 22.0 Å². The SMILES string of the molecule is CN(C)CC(CNC(=O)Nc1cc(S(C)(=O)=O)ccc1Cl)C(O)c1ccccc1. The Kier molecular flexibility index (Phi) is 8.04. The molecule has 0 spiro atoms. The summed E-state index contributed by atoms with van der Waals surface area (Å²) in [6.07, 6.45) is 0.327. The molecule has 0 bridgehead atoms. The number of anilines is 1. The number of nitrogens with zero attached hydrogens (tertiary/aromatic N) is 1. The Morgan fingerprint density at radius 3 is 2.41 bits per heavy atom. The van der Waals surface area contributed by atoms with Gasteiger partial charge in [0.05, 0.1) is 21.7 Å². The number of nitrogens with one attached hydrogen (secondary N) is 2. The second-order valence-electron chi connectivity index (χ2n) is 7.13. The van der Waals surface area contributed by atoms with Gasteiger partial charge in [0.1, 0.15) is 0 Å². The fourth-order valence-electron chi connectivity index (χ4n) is 2.89. The zero-order valence-corrected chi connectivity index (χ0v) is 18.2. The van der Waals surface area contributed by atoms with Crippen LogP contribution in [-0.2, 0) is 9.84 Å². The van der Waals surface area contributed by atoms with Crippen molar-refractivity contribution in [3.63, 3.8) is 0 Å². The summed E-state index contributed by atoms with van der Waals surface area (Å²) < 4.78 is 23.4. The van der Waals surface area contributed by atoms with Crippen LogP contribution in [-0.4, -0.2) is 57.9 Å². The van der Waals surface area contributed by atoms with Crippen LogP contribution in [0.1, 0.15) is 11.7 Å². The van der Waals surface area contributed by atoms with Crippen LogP contribution >= 0.6 is 11.6 Å². The number of rotatable bonds is 8. The molecule has 0 aliphatic carbocycles. The van der Waals surface area contributed by atoms with E-state index in [9.17, 15) is 18.3 Å². The maximum atomic E-state index is 12.3. The zero-order chi connectivity index (χ0) is 21.6. The molecule has 0 aliphatic rings. The van der Waals surface area contributed by atoms with Crippen molar-refractivity contribution in [2.75, 3.05) is 38.8 Å². The van der Waals surface area contributed by atoms with E-state index in [1.54, 1.807) is 0 Å². The first-order valence-corrected chi connectivity index (χ1v) is 11.3. The molecule has 0 fully saturated rings. The standard InChI is InChI=1S/C20H26ClN3O4S/c1-24(2)13-15(19(25)14-7-5-4-6-8-14)12-22-20(26)23-18-11-16(29(3,27)28)9-10-17(18)21/h4-11,15,19,25H,12-13H2,1-3H3,(H2,22,23,26). The molecular formula is C20H26ClN3O4S. The zero-order valence-electron chi connectivity index (χ0n) is 16.6. The Bertz CT molecular complexity index is 936. The topological polar surface area (TPSA) is 98.7 Å². The number of benzene rings is 2. The quantitative estimate of drug-likeness (QED) is 0.587. The van der Waals surface area contributed by atoms with Crippen molar-refractivity contribution in [1.29, 1.82) is 0 Å². The van der Waals surface area contributed by atoms with Gasteiger partial charge in [0, 0.05) is 25.3 Å². The van der Waals surface area contributed by atoms with E-state index in [1.807, 2.05) is 49.3 Å². The molecule has 0 aliphatic heterocycles. The third-order valence-corrected chi connectivity index (χ3v) is 5.77. The van der Waals surface area contributed by atoms with Crippen LogP contribution in [0.3, 0.4) is 0 Å². The molecule has 0 aromatic heterocycles. The first-order valence-electron chi connectivity index (χ1n) is 9.00. The first-order chi connectivity index (χ1) is 13.6. The number of carbonyl (C=O) groups is 1. The van der Waals surface area contributed by atoms with Gasteiger partial charge >= 0.3 is 6.03 Å². The highest BCUT2D eigenvalue weighted by atomic mass is 35.5. The lowest BCUT2D eigenvalue weighted by atomic mass is 9.95. The van der Waals surface area contributed by atoms with Gasteiger partial charge in [-0.25, -0.2) is 13.2 Å². The summed E-state index contributed by atoms with van der Waals surface area (Å²) in [7, 11) is 0.352. The number of hydrogen-bond acceptors (Lipinski definition) is 5. The molecule has 2 unspecified atom stereocenters. The van der Waals surface area contributed by atoms with Crippen molar-refractivity contribution >= 4 is 33.2 Å². The molecule has 9 heteroatoms. The smallest absolute Gasteiger partial charge is 0.319 e. The average Bonchev–Trinajstić information content (AvgIpc) is 2.65. The van der Waals surface area contributed by atoms with E-state index in [2.05, 4.69) is 10.6 Å². The molecule has 7 nitrogen and oxygen atoms in total. The Hall–Kier alpha value is -2.13. The third-order valence-electron chi connectivity index (χ3n) is 4.33. The number of hydrogen-bond donors (Lipinski definition) is 3. The molecule has 2 amide bonds.